The van der Waals surface area contributed by atoms with Crippen molar-refractivity contribution in [3.63, 3.8) is 0 Å². The third kappa shape index (κ3) is 4.46. The maximum absolute atomic E-state index is 12.8. The van der Waals surface area contributed by atoms with E-state index < -0.39 is 5.97 Å². The van der Waals surface area contributed by atoms with Crippen molar-refractivity contribution >= 4 is 63.5 Å². The van der Waals surface area contributed by atoms with E-state index in [4.69, 9.17) is 28.6 Å². The van der Waals surface area contributed by atoms with E-state index in [2.05, 4.69) is 0 Å². The van der Waals surface area contributed by atoms with E-state index in [1.165, 1.54) is 16.7 Å². The number of carbonyl (C=O) groups is 2. The summed E-state index contributed by atoms with van der Waals surface area (Å²) in [5, 5.41) is 0.550. The minimum Gasteiger partial charge on any atom is -0.423 e. The van der Waals surface area contributed by atoms with Crippen LogP contribution in [0.3, 0.4) is 0 Å². The van der Waals surface area contributed by atoms with Gasteiger partial charge in [0.2, 0.25) is 0 Å². The standard InChI is InChI=1S/C23H14ClNO3S2/c24-17-10-8-16(9-11-17)22(27)28-19-12-6-15(7-13-19)14-20-21(26)25(23(29)30-20)18-4-2-1-3-5-18/h1-14H. The number of esters is 1. The van der Waals surface area contributed by atoms with E-state index in [1.807, 2.05) is 30.3 Å². The first-order valence-electron chi connectivity index (χ1n) is 8.92. The topological polar surface area (TPSA) is 46.6 Å². The number of para-hydroxylation sites is 1. The van der Waals surface area contributed by atoms with Crippen molar-refractivity contribution in [2.24, 2.45) is 0 Å². The molecular weight excluding hydrogens is 438 g/mol. The highest BCUT2D eigenvalue weighted by Crippen LogP contribution is 2.36. The van der Waals surface area contributed by atoms with Crippen LogP contribution in [-0.2, 0) is 4.79 Å². The Morgan fingerprint density at radius 3 is 2.30 bits per heavy atom. The molecule has 1 saturated heterocycles. The zero-order chi connectivity index (χ0) is 21.1. The number of hydrogen-bond acceptors (Lipinski definition) is 5. The van der Waals surface area contributed by atoms with Crippen molar-refractivity contribution in [3.05, 3.63) is 99.9 Å². The fourth-order valence-corrected chi connectivity index (χ4v) is 4.23. The van der Waals surface area contributed by atoms with Gasteiger partial charge in [-0.15, -0.1) is 0 Å². The summed E-state index contributed by atoms with van der Waals surface area (Å²) in [4.78, 5) is 27.0. The number of carbonyl (C=O) groups excluding carboxylic acids is 2. The van der Waals surface area contributed by atoms with Crippen molar-refractivity contribution in [3.8, 4) is 5.75 Å². The van der Waals surface area contributed by atoms with Gasteiger partial charge in [0.15, 0.2) is 4.32 Å². The molecule has 4 nitrogen and oxygen atoms in total. The first kappa shape index (κ1) is 20.3. The summed E-state index contributed by atoms with van der Waals surface area (Å²) in [7, 11) is 0. The highest BCUT2D eigenvalue weighted by molar-refractivity contribution is 8.27. The summed E-state index contributed by atoms with van der Waals surface area (Å²) in [5.74, 6) is -0.221. The summed E-state index contributed by atoms with van der Waals surface area (Å²) < 4.78 is 5.87. The van der Waals surface area contributed by atoms with Gasteiger partial charge >= 0.3 is 5.97 Å². The number of hydrogen-bond donors (Lipinski definition) is 0. The van der Waals surface area contributed by atoms with Gasteiger partial charge < -0.3 is 4.74 Å². The second-order valence-electron chi connectivity index (χ2n) is 6.32. The predicted molar refractivity (Wildman–Crippen MR) is 125 cm³/mol. The molecule has 148 valence electrons. The predicted octanol–water partition coefficient (Wildman–Crippen LogP) is 5.97. The number of amides is 1. The summed E-state index contributed by atoms with van der Waals surface area (Å²) in [6.45, 7) is 0. The van der Waals surface area contributed by atoms with E-state index in [0.29, 0.717) is 25.6 Å². The maximum Gasteiger partial charge on any atom is 0.343 e. The quantitative estimate of drug-likeness (QED) is 0.212. The molecule has 0 saturated carbocycles. The number of benzene rings is 3. The maximum atomic E-state index is 12.8. The van der Waals surface area contributed by atoms with Gasteiger partial charge in [-0.2, -0.15) is 0 Å². The van der Waals surface area contributed by atoms with Crippen molar-refractivity contribution in [1.82, 2.24) is 0 Å². The van der Waals surface area contributed by atoms with E-state index in [0.717, 1.165) is 11.3 Å². The molecule has 7 heteroatoms. The Labute approximate surface area is 188 Å². The van der Waals surface area contributed by atoms with E-state index in [-0.39, 0.29) is 5.91 Å². The van der Waals surface area contributed by atoms with Crippen molar-refractivity contribution in [1.29, 1.82) is 0 Å². The third-order valence-corrected chi connectivity index (χ3v) is 5.83. The molecule has 0 atom stereocenters. The minimum atomic E-state index is -0.469. The number of ether oxygens (including phenoxy) is 1. The molecule has 3 aromatic rings. The van der Waals surface area contributed by atoms with E-state index >= 15 is 0 Å². The Balaban J connectivity index is 1.47. The number of thiocarbonyl (C=S) groups is 1. The highest BCUT2D eigenvalue weighted by Gasteiger charge is 2.33. The van der Waals surface area contributed by atoms with Crippen LogP contribution >= 0.6 is 35.6 Å². The lowest BCUT2D eigenvalue weighted by Crippen LogP contribution is -2.27. The van der Waals surface area contributed by atoms with Crippen LogP contribution in [0.25, 0.3) is 6.08 Å². The molecule has 0 spiro atoms. The summed E-state index contributed by atoms with van der Waals surface area (Å²) in [6.07, 6.45) is 1.77. The molecule has 30 heavy (non-hydrogen) atoms. The molecule has 3 aromatic carbocycles. The van der Waals surface area contributed by atoms with Gasteiger partial charge in [0, 0.05) is 5.02 Å². The van der Waals surface area contributed by atoms with Crippen LogP contribution < -0.4 is 9.64 Å². The molecular formula is C23H14ClNO3S2. The number of nitrogens with zero attached hydrogens (tertiary/aromatic N) is 1. The third-order valence-electron chi connectivity index (χ3n) is 4.28. The van der Waals surface area contributed by atoms with Gasteiger partial charge in [0.1, 0.15) is 5.75 Å². The normalized spacial score (nSPS) is 15.0. The molecule has 0 unspecified atom stereocenters. The average molecular weight is 452 g/mol. The molecule has 0 N–H and O–H groups in total. The molecule has 0 radical (unpaired) electrons. The summed E-state index contributed by atoms with van der Waals surface area (Å²) in [6, 6.07) is 22.7. The lowest BCUT2D eigenvalue weighted by molar-refractivity contribution is -0.113. The van der Waals surface area contributed by atoms with E-state index in [9.17, 15) is 9.59 Å². The number of thioether (sulfide) groups is 1. The molecule has 1 fully saturated rings. The lowest BCUT2D eigenvalue weighted by atomic mass is 10.2. The van der Waals surface area contributed by atoms with Gasteiger partial charge in [-0.05, 0) is 60.2 Å². The molecule has 1 aliphatic heterocycles. The second-order valence-corrected chi connectivity index (χ2v) is 8.43. The molecule has 4 rings (SSSR count). The summed E-state index contributed by atoms with van der Waals surface area (Å²) in [5.41, 5.74) is 1.95. The van der Waals surface area contributed by atoms with Crippen LogP contribution in [0.15, 0.2) is 83.8 Å². The number of anilines is 1. The number of halogens is 1. The average Bonchev–Trinajstić information content (AvgIpc) is 3.03. The lowest BCUT2D eigenvalue weighted by Gasteiger charge is -2.13. The van der Waals surface area contributed by atoms with Crippen molar-refractivity contribution in [2.45, 2.75) is 0 Å². The Kier molecular flexibility index (Phi) is 5.99. The molecule has 1 amide bonds. The largest absolute Gasteiger partial charge is 0.423 e. The fourth-order valence-electron chi connectivity index (χ4n) is 2.80. The van der Waals surface area contributed by atoms with Crippen LogP contribution in [0.5, 0.6) is 5.75 Å². The zero-order valence-electron chi connectivity index (χ0n) is 15.4. The van der Waals surface area contributed by atoms with Crippen LogP contribution in [0.2, 0.25) is 5.02 Å². The first-order valence-corrected chi connectivity index (χ1v) is 10.5. The highest BCUT2D eigenvalue weighted by atomic mass is 35.5. The number of rotatable bonds is 4. The van der Waals surface area contributed by atoms with Gasteiger partial charge in [-0.1, -0.05) is 65.9 Å². The Bertz CT molecular complexity index is 1140. The SMILES string of the molecule is O=C(Oc1ccc(C=C2SC(=S)N(c3ccccc3)C2=O)cc1)c1ccc(Cl)cc1. The van der Waals surface area contributed by atoms with Crippen LogP contribution in [-0.4, -0.2) is 16.2 Å². The van der Waals surface area contributed by atoms with E-state index in [1.54, 1.807) is 54.6 Å². The second kappa shape index (κ2) is 8.83. The van der Waals surface area contributed by atoms with Crippen molar-refractivity contribution < 1.29 is 14.3 Å². The zero-order valence-corrected chi connectivity index (χ0v) is 17.8. The fraction of sp³-hybridized carbons (Fsp3) is 0. The smallest absolute Gasteiger partial charge is 0.343 e. The Hall–Kier alpha value is -2.93. The van der Waals surface area contributed by atoms with Gasteiger partial charge in [0.05, 0.1) is 16.2 Å². The molecule has 1 heterocycles. The molecule has 0 bridgehead atoms. The van der Waals surface area contributed by atoms with Crippen LogP contribution in [0.4, 0.5) is 5.69 Å². The van der Waals surface area contributed by atoms with Crippen molar-refractivity contribution in [2.75, 3.05) is 4.90 Å². The van der Waals surface area contributed by atoms with Crippen LogP contribution in [0, 0.1) is 0 Å². The first-order chi connectivity index (χ1) is 14.5. The monoisotopic (exact) mass is 451 g/mol. The van der Waals surface area contributed by atoms with Gasteiger partial charge in [-0.25, -0.2) is 4.79 Å². The van der Waals surface area contributed by atoms with Gasteiger partial charge in [-0.3, -0.25) is 9.69 Å². The van der Waals surface area contributed by atoms with Crippen LogP contribution in [0.1, 0.15) is 15.9 Å². The minimum absolute atomic E-state index is 0.158. The molecule has 0 aliphatic carbocycles. The molecule has 1 aliphatic rings. The Morgan fingerprint density at radius 2 is 1.63 bits per heavy atom. The van der Waals surface area contributed by atoms with Gasteiger partial charge in [0.25, 0.3) is 5.91 Å². The molecule has 0 aromatic heterocycles. The summed E-state index contributed by atoms with van der Waals surface area (Å²) >= 11 is 12.5. The Morgan fingerprint density at radius 1 is 0.967 bits per heavy atom.